The molecule has 0 saturated heterocycles. The Hall–Kier alpha value is -2.11. The molecule has 2 rings (SSSR count). The van der Waals surface area contributed by atoms with Gasteiger partial charge in [0.2, 0.25) is 0 Å². The quantitative estimate of drug-likeness (QED) is 0.668. The van der Waals surface area contributed by atoms with Crippen LogP contribution in [0.1, 0.15) is 43.4 Å². The van der Waals surface area contributed by atoms with E-state index < -0.39 is 29.4 Å². The molecule has 0 amide bonds. The smallest absolute Gasteiger partial charge is 0.343 e. The van der Waals surface area contributed by atoms with Crippen LogP contribution in [0.15, 0.2) is 15.3 Å². The largest absolute Gasteiger partial charge is 0.481 e. The van der Waals surface area contributed by atoms with Gasteiger partial charge >= 0.3 is 17.6 Å². The summed E-state index contributed by atoms with van der Waals surface area (Å²) in [6.45, 7) is 3.52. The van der Waals surface area contributed by atoms with E-state index in [1.165, 1.54) is 6.07 Å². The Morgan fingerprint density at radius 2 is 2.10 bits per heavy atom. The molecule has 1 aromatic heterocycles. The monoisotopic (exact) mass is 280 g/mol. The van der Waals surface area contributed by atoms with Crippen molar-refractivity contribution in [3.8, 4) is 5.75 Å². The summed E-state index contributed by atoms with van der Waals surface area (Å²) >= 11 is 0. The highest BCUT2D eigenvalue weighted by Gasteiger charge is 2.44. The van der Waals surface area contributed by atoms with Crippen molar-refractivity contribution in [2.45, 2.75) is 39.0 Å². The fourth-order valence-electron chi connectivity index (χ4n) is 2.52. The molecule has 0 aromatic carbocycles. The van der Waals surface area contributed by atoms with E-state index in [0.29, 0.717) is 18.6 Å². The van der Waals surface area contributed by atoms with E-state index in [9.17, 15) is 19.5 Å². The Balaban J connectivity index is 2.55. The highest BCUT2D eigenvalue weighted by atomic mass is 16.5. The third-order valence-electron chi connectivity index (χ3n) is 3.45. The number of hydrogen-bond donors (Lipinski definition) is 1. The molecule has 108 valence electrons. The van der Waals surface area contributed by atoms with E-state index in [1.54, 1.807) is 6.92 Å². The first-order valence-electron chi connectivity index (χ1n) is 6.54. The van der Waals surface area contributed by atoms with Gasteiger partial charge in [0.25, 0.3) is 0 Å². The van der Waals surface area contributed by atoms with E-state index in [2.05, 4.69) is 0 Å². The van der Waals surface area contributed by atoms with Crippen molar-refractivity contribution in [2.75, 3.05) is 0 Å². The van der Waals surface area contributed by atoms with Gasteiger partial charge in [-0.25, -0.2) is 4.79 Å². The van der Waals surface area contributed by atoms with Crippen molar-refractivity contribution >= 4 is 11.9 Å². The number of carbonyl (C=O) groups is 2. The average molecular weight is 280 g/mol. The number of aliphatic carboxylic acids is 1. The molecule has 0 bridgehead atoms. The maximum Gasteiger partial charge on any atom is 0.343 e. The molecule has 6 heteroatoms. The van der Waals surface area contributed by atoms with Crippen molar-refractivity contribution in [3.05, 3.63) is 27.8 Å². The van der Waals surface area contributed by atoms with Crippen molar-refractivity contribution in [1.82, 2.24) is 0 Å². The van der Waals surface area contributed by atoms with Gasteiger partial charge in [0.1, 0.15) is 11.5 Å². The summed E-state index contributed by atoms with van der Waals surface area (Å²) in [4.78, 5) is 35.1. The minimum absolute atomic E-state index is 0.127. The molecular weight excluding hydrogens is 264 g/mol. The number of carboxylic acids is 1. The van der Waals surface area contributed by atoms with Crippen LogP contribution in [0.4, 0.5) is 0 Å². The fraction of sp³-hybridized carbons (Fsp3) is 0.500. The first kappa shape index (κ1) is 14.3. The van der Waals surface area contributed by atoms with E-state index in [-0.39, 0.29) is 11.3 Å². The van der Waals surface area contributed by atoms with Gasteiger partial charge in [-0.15, -0.1) is 0 Å². The SMILES string of the molecule is CCCC[C@H]1c2c(cc(C)oc2=O)OC(=O)[C@@H]1C(=O)O. The second-order valence-electron chi connectivity index (χ2n) is 4.91. The summed E-state index contributed by atoms with van der Waals surface area (Å²) < 4.78 is 10.0. The number of esters is 1. The highest BCUT2D eigenvalue weighted by molar-refractivity contribution is 5.97. The van der Waals surface area contributed by atoms with Crippen LogP contribution in [0.3, 0.4) is 0 Å². The number of carboxylic acid groups (broad SMARTS) is 1. The van der Waals surface area contributed by atoms with Crippen molar-refractivity contribution in [2.24, 2.45) is 5.92 Å². The van der Waals surface area contributed by atoms with Crippen LogP contribution in [0.5, 0.6) is 5.75 Å². The summed E-state index contributed by atoms with van der Waals surface area (Å²) in [5, 5.41) is 9.22. The molecule has 0 fully saturated rings. The topological polar surface area (TPSA) is 93.8 Å². The lowest BCUT2D eigenvalue weighted by Gasteiger charge is -2.28. The standard InChI is InChI=1S/C14H16O6/c1-3-4-5-8-10-9(6-7(2)19-13(10)17)20-14(18)11(8)12(15)16/h6,8,11H,3-5H2,1-2H3,(H,15,16)/t8-,11-/m0/s1. The van der Waals surface area contributed by atoms with Crippen LogP contribution in [0.25, 0.3) is 0 Å². The van der Waals surface area contributed by atoms with Crippen LogP contribution in [0.2, 0.25) is 0 Å². The number of aryl methyl sites for hydroxylation is 1. The van der Waals surface area contributed by atoms with Crippen LogP contribution in [-0.4, -0.2) is 17.0 Å². The molecule has 0 radical (unpaired) electrons. The third-order valence-corrected chi connectivity index (χ3v) is 3.45. The number of hydrogen-bond acceptors (Lipinski definition) is 5. The molecule has 2 atom stereocenters. The maximum atomic E-state index is 12.0. The predicted octanol–water partition coefficient (Wildman–Crippen LogP) is 1.84. The van der Waals surface area contributed by atoms with Gasteiger partial charge in [0.05, 0.1) is 5.56 Å². The zero-order chi connectivity index (χ0) is 14.9. The summed E-state index contributed by atoms with van der Waals surface area (Å²) in [5.74, 6) is -3.69. The van der Waals surface area contributed by atoms with Crippen LogP contribution < -0.4 is 10.4 Å². The number of rotatable bonds is 4. The van der Waals surface area contributed by atoms with Gasteiger partial charge < -0.3 is 14.3 Å². The van der Waals surface area contributed by atoms with E-state index in [4.69, 9.17) is 9.15 Å². The van der Waals surface area contributed by atoms with E-state index in [1.807, 2.05) is 6.92 Å². The lowest BCUT2D eigenvalue weighted by atomic mass is 9.81. The lowest BCUT2D eigenvalue weighted by molar-refractivity contribution is -0.155. The highest BCUT2D eigenvalue weighted by Crippen LogP contribution is 2.39. The molecular formula is C14H16O6. The van der Waals surface area contributed by atoms with Gasteiger partial charge in [-0.1, -0.05) is 19.8 Å². The Morgan fingerprint density at radius 3 is 2.70 bits per heavy atom. The minimum atomic E-state index is -1.35. The molecule has 20 heavy (non-hydrogen) atoms. The van der Waals surface area contributed by atoms with Crippen LogP contribution >= 0.6 is 0 Å². The van der Waals surface area contributed by atoms with Crippen LogP contribution in [0, 0.1) is 12.8 Å². The summed E-state index contributed by atoms with van der Waals surface area (Å²) in [6, 6.07) is 1.45. The summed E-state index contributed by atoms with van der Waals surface area (Å²) in [6.07, 6.45) is 1.99. The zero-order valence-electron chi connectivity index (χ0n) is 11.3. The zero-order valence-corrected chi connectivity index (χ0v) is 11.3. The number of unbranched alkanes of at least 4 members (excludes halogenated alkanes) is 1. The molecule has 1 N–H and O–H groups in total. The summed E-state index contributed by atoms with van der Waals surface area (Å²) in [5.41, 5.74) is -0.462. The van der Waals surface area contributed by atoms with E-state index >= 15 is 0 Å². The first-order valence-corrected chi connectivity index (χ1v) is 6.54. The van der Waals surface area contributed by atoms with Crippen molar-refractivity contribution in [1.29, 1.82) is 0 Å². The summed E-state index contributed by atoms with van der Waals surface area (Å²) in [7, 11) is 0. The Labute approximate surface area is 115 Å². The normalized spacial score (nSPS) is 21.2. The molecule has 1 aliphatic rings. The van der Waals surface area contributed by atoms with Crippen LogP contribution in [-0.2, 0) is 9.59 Å². The van der Waals surface area contributed by atoms with Gasteiger partial charge in [0.15, 0.2) is 5.92 Å². The Kier molecular flexibility index (Phi) is 3.92. The molecule has 0 spiro atoms. The average Bonchev–Trinajstić information content (AvgIpc) is 2.33. The second-order valence-corrected chi connectivity index (χ2v) is 4.91. The van der Waals surface area contributed by atoms with Gasteiger partial charge in [0, 0.05) is 12.0 Å². The van der Waals surface area contributed by atoms with Crippen molar-refractivity contribution in [3.63, 3.8) is 0 Å². The fourth-order valence-corrected chi connectivity index (χ4v) is 2.52. The molecule has 0 saturated carbocycles. The van der Waals surface area contributed by atoms with Gasteiger partial charge in [-0.05, 0) is 13.3 Å². The number of carbonyl (C=O) groups excluding carboxylic acids is 1. The minimum Gasteiger partial charge on any atom is -0.481 e. The third kappa shape index (κ3) is 2.45. The van der Waals surface area contributed by atoms with Crippen molar-refractivity contribution < 1.29 is 23.8 Å². The van der Waals surface area contributed by atoms with Gasteiger partial charge in [-0.3, -0.25) is 9.59 Å². The maximum absolute atomic E-state index is 12.0. The number of ether oxygens (including phenoxy) is 1. The number of fused-ring (bicyclic) bond motifs is 1. The lowest BCUT2D eigenvalue weighted by Crippen LogP contribution is -2.39. The second kappa shape index (κ2) is 5.48. The van der Waals surface area contributed by atoms with E-state index in [0.717, 1.165) is 6.42 Å². The Morgan fingerprint density at radius 1 is 1.40 bits per heavy atom. The predicted molar refractivity (Wildman–Crippen MR) is 68.7 cm³/mol. The van der Waals surface area contributed by atoms with Gasteiger partial charge in [-0.2, -0.15) is 0 Å². The first-order chi connectivity index (χ1) is 9.45. The molecule has 1 aromatic rings. The molecule has 6 nitrogen and oxygen atoms in total. The molecule has 0 aliphatic carbocycles. The molecule has 2 heterocycles. The Bertz CT molecular complexity index is 600. The molecule has 1 aliphatic heterocycles. The molecule has 0 unspecified atom stereocenters.